The van der Waals surface area contributed by atoms with Crippen molar-refractivity contribution in [1.29, 1.82) is 0 Å². The van der Waals surface area contributed by atoms with Gasteiger partial charge < -0.3 is 19.4 Å². The zero-order valence-corrected chi connectivity index (χ0v) is 18.6. The van der Waals surface area contributed by atoms with Crippen molar-refractivity contribution in [3.63, 3.8) is 0 Å². The van der Waals surface area contributed by atoms with E-state index in [0.29, 0.717) is 22.4 Å². The second-order valence-corrected chi connectivity index (χ2v) is 8.03. The molecule has 3 aromatic rings. The molecule has 31 heavy (non-hydrogen) atoms. The number of aromatic nitrogens is 3. The number of amides is 1. The van der Waals surface area contributed by atoms with E-state index in [1.807, 2.05) is 25.3 Å². The summed E-state index contributed by atoms with van der Waals surface area (Å²) in [6, 6.07) is 13.0. The molecule has 0 bridgehead atoms. The number of anilines is 1. The number of carbonyl (C=O) groups is 1. The molecule has 0 aliphatic heterocycles. The molecule has 1 amide bonds. The van der Waals surface area contributed by atoms with Crippen molar-refractivity contribution in [2.75, 3.05) is 18.2 Å². The SMILES string of the molecule is COc1ccc(NC(=O)CSc2nnc(C(C)Oc3ccc(F)cc3)n2C(C)C)cc1. The van der Waals surface area contributed by atoms with Crippen LogP contribution in [0.25, 0.3) is 0 Å². The molecule has 0 spiro atoms. The highest BCUT2D eigenvalue weighted by Crippen LogP contribution is 2.28. The Morgan fingerprint density at radius 1 is 1.06 bits per heavy atom. The first-order chi connectivity index (χ1) is 14.9. The van der Waals surface area contributed by atoms with E-state index < -0.39 is 6.10 Å². The first-order valence-corrected chi connectivity index (χ1v) is 10.8. The molecule has 0 fully saturated rings. The molecule has 1 heterocycles. The van der Waals surface area contributed by atoms with Crippen molar-refractivity contribution in [2.24, 2.45) is 0 Å². The van der Waals surface area contributed by atoms with E-state index in [2.05, 4.69) is 15.5 Å². The molecule has 2 aromatic carbocycles. The van der Waals surface area contributed by atoms with Crippen molar-refractivity contribution < 1.29 is 18.7 Å². The van der Waals surface area contributed by atoms with Gasteiger partial charge in [0.1, 0.15) is 17.3 Å². The molecule has 0 saturated carbocycles. The number of rotatable bonds is 9. The summed E-state index contributed by atoms with van der Waals surface area (Å²) in [5.41, 5.74) is 0.693. The van der Waals surface area contributed by atoms with E-state index in [-0.39, 0.29) is 23.5 Å². The Balaban J connectivity index is 1.65. The van der Waals surface area contributed by atoms with Gasteiger partial charge in [0, 0.05) is 11.7 Å². The molecule has 1 unspecified atom stereocenters. The van der Waals surface area contributed by atoms with Gasteiger partial charge in [-0.2, -0.15) is 0 Å². The van der Waals surface area contributed by atoms with Crippen molar-refractivity contribution >= 4 is 23.4 Å². The molecule has 0 aliphatic carbocycles. The Bertz CT molecular complexity index is 1010. The Hall–Kier alpha value is -3.07. The van der Waals surface area contributed by atoms with E-state index in [0.717, 1.165) is 5.75 Å². The van der Waals surface area contributed by atoms with Gasteiger partial charge in [-0.05, 0) is 69.3 Å². The van der Waals surface area contributed by atoms with Gasteiger partial charge in [-0.1, -0.05) is 11.8 Å². The Labute approximate surface area is 185 Å². The normalized spacial score (nSPS) is 11.9. The van der Waals surface area contributed by atoms with Crippen LogP contribution >= 0.6 is 11.8 Å². The summed E-state index contributed by atoms with van der Waals surface area (Å²) in [4.78, 5) is 12.4. The molecule has 0 saturated heterocycles. The first-order valence-electron chi connectivity index (χ1n) is 9.81. The third kappa shape index (κ3) is 5.97. The largest absolute Gasteiger partial charge is 0.497 e. The summed E-state index contributed by atoms with van der Waals surface area (Å²) in [5.74, 6) is 1.62. The topological polar surface area (TPSA) is 78.3 Å². The van der Waals surface area contributed by atoms with Gasteiger partial charge in [0.2, 0.25) is 5.91 Å². The fourth-order valence-corrected chi connectivity index (χ4v) is 3.80. The number of nitrogens with zero attached hydrogens (tertiary/aromatic N) is 3. The van der Waals surface area contributed by atoms with Crippen LogP contribution in [-0.2, 0) is 4.79 Å². The van der Waals surface area contributed by atoms with E-state index in [9.17, 15) is 9.18 Å². The molecule has 1 atom stereocenters. The number of nitrogens with one attached hydrogen (secondary N) is 1. The van der Waals surface area contributed by atoms with E-state index >= 15 is 0 Å². The lowest BCUT2D eigenvalue weighted by atomic mass is 10.3. The van der Waals surface area contributed by atoms with Gasteiger partial charge in [-0.25, -0.2) is 4.39 Å². The zero-order chi connectivity index (χ0) is 22.4. The standard InChI is InChI=1S/C22H25FN4O3S/c1-14(2)27-21(15(3)30-19-9-5-16(23)6-10-19)25-26-22(27)31-13-20(28)24-17-7-11-18(29-4)12-8-17/h5-12,14-15H,13H2,1-4H3,(H,24,28). The Morgan fingerprint density at radius 2 is 1.71 bits per heavy atom. The van der Waals surface area contributed by atoms with Crippen LogP contribution in [0, 0.1) is 5.82 Å². The molecule has 9 heteroatoms. The summed E-state index contributed by atoms with van der Waals surface area (Å²) in [6.45, 7) is 5.88. The summed E-state index contributed by atoms with van der Waals surface area (Å²) < 4.78 is 26.1. The average molecular weight is 445 g/mol. The van der Waals surface area contributed by atoms with Crippen LogP contribution in [0.3, 0.4) is 0 Å². The Kier molecular flexibility index (Phi) is 7.51. The quantitative estimate of drug-likeness (QED) is 0.474. The van der Waals surface area contributed by atoms with Crippen LogP contribution in [0.2, 0.25) is 0 Å². The second kappa shape index (κ2) is 10.3. The van der Waals surface area contributed by atoms with E-state index in [1.54, 1.807) is 43.5 Å². The molecule has 7 nitrogen and oxygen atoms in total. The molecular formula is C22H25FN4O3S. The highest BCUT2D eigenvalue weighted by Gasteiger charge is 2.22. The van der Waals surface area contributed by atoms with Crippen LogP contribution in [0.15, 0.2) is 53.7 Å². The molecule has 3 rings (SSSR count). The second-order valence-electron chi connectivity index (χ2n) is 7.08. The summed E-state index contributed by atoms with van der Waals surface area (Å²) in [6.07, 6.45) is -0.400. The minimum atomic E-state index is -0.400. The smallest absolute Gasteiger partial charge is 0.234 e. The highest BCUT2D eigenvalue weighted by molar-refractivity contribution is 7.99. The van der Waals surface area contributed by atoms with Crippen molar-refractivity contribution in [3.05, 3.63) is 60.2 Å². The van der Waals surface area contributed by atoms with Crippen LogP contribution in [0.4, 0.5) is 10.1 Å². The summed E-state index contributed by atoms with van der Waals surface area (Å²) in [7, 11) is 1.59. The maximum atomic E-state index is 13.1. The van der Waals surface area contributed by atoms with Crippen LogP contribution in [0.1, 0.15) is 38.7 Å². The van der Waals surface area contributed by atoms with E-state index in [1.165, 1.54) is 23.9 Å². The lowest BCUT2D eigenvalue weighted by molar-refractivity contribution is -0.113. The third-order valence-corrected chi connectivity index (χ3v) is 5.35. The number of halogens is 1. The zero-order valence-electron chi connectivity index (χ0n) is 17.8. The van der Waals surface area contributed by atoms with Gasteiger partial charge in [0.25, 0.3) is 0 Å². The van der Waals surface area contributed by atoms with Gasteiger partial charge in [0.05, 0.1) is 12.9 Å². The lowest BCUT2D eigenvalue weighted by Crippen LogP contribution is -2.16. The lowest BCUT2D eigenvalue weighted by Gasteiger charge is -2.18. The predicted molar refractivity (Wildman–Crippen MR) is 118 cm³/mol. The highest BCUT2D eigenvalue weighted by atomic mass is 32.2. The minimum Gasteiger partial charge on any atom is -0.497 e. The number of ether oxygens (including phenoxy) is 2. The minimum absolute atomic E-state index is 0.0661. The van der Waals surface area contributed by atoms with Gasteiger partial charge >= 0.3 is 0 Å². The molecule has 0 aliphatic rings. The van der Waals surface area contributed by atoms with Crippen molar-refractivity contribution in [3.8, 4) is 11.5 Å². The third-order valence-electron chi connectivity index (χ3n) is 4.40. The number of methoxy groups -OCH3 is 1. The number of carbonyl (C=O) groups excluding carboxylic acids is 1. The van der Waals surface area contributed by atoms with Gasteiger partial charge in [-0.3, -0.25) is 4.79 Å². The monoisotopic (exact) mass is 444 g/mol. The molecular weight excluding hydrogens is 419 g/mol. The average Bonchev–Trinajstić information content (AvgIpc) is 3.19. The number of hydrogen-bond acceptors (Lipinski definition) is 6. The molecule has 0 radical (unpaired) electrons. The van der Waals surface area contributed by atoms with Crippen molar-refractivity contribution in [2.45, 2.75) is 38.1 Å². The Morgan fingerprint density at radius 3 is 2.32 bits per heavy atom. The fraction of sp³-hybridized carbons (Fsp3) is 0.318. The maximum absolute atomic E-state index is 13.1. The van der Waals surface area contributed by atoms with Gasteiger partial charge in [-0.15, -0.1) is 10.2 Å². The van der Waals surface area contributed by atoms with Gasteiger partial charge in [0.15, 0.2) is 17.1 Å². The van der Waals surface area contributed by atoms with Crippen molar-refractivity contribution in [1.82, 2.24) is 14.8 Å². The molecule has 164 valence electrons. The maximum Gasteiger partial charge on any atom is 0.234 e. The number of benzene rings is 2. The van der Waals surface area contributed by atoms with Crippen LogP contribution in [0.5, 0.6) is 11.5 Å². The summed E-state index contributed by atoms with van der Waals surface area (Å²) >= 11 is 1.30. The van der Waals surface area contributed by atoms with Crippen LogP contribution < -0.4 is 14.8 Å². The van der Waals surface area contributed by atoms with Crippen LogP contribution in [-0.4, -0.2) is 33.5 Å². The predicted octanol–water partition coefficient (Wildman–Crippen LogP) is 4.88. The number of thioether (sulfide) groups is 1. The van der Waals surface area contributed by atoms with E-state index in [4.69, 9.17) is 9.47 Å². The first kappa shape index (κ1) is 22.6. The fourth-order valence-electron chi connectivity index (χ4n) is 2.92. The molecule has 1 aromatic heterocycles. The number of hydrogen-bond donors (Lipinski definition) is 1. The summed E-state index contributed by atoms with van der Waals surface area (Å²) in [5, 5.41) is 12.0. The molecule has 1 N–H and O–H groups in total.